The van der Waals surface area contributed by atoms with Gasteiger partial charge in [0.2, 0.25) is 0 Å². The van der Waals surface area contributed by atoms with Crippen molar-refractivity contribution in [2.45, 2.75) is 19.3 Å². The van der Waals surface area contributed by atoms with Crippen LogP contribution in [0, 0.1) is 0 Å². The molecule has 0 bridgehead atoms. The molecule has 3 aromatic rings. The second-order valence-electron chi connectivity index (χ2n) is 6.90. The molecule has 0 amide bonds. The van der Waals surface area contributed by atoms with Gasteiger partial charge >= 0.3 is 5.97 Å². The topological polar surface area (TPSA) is 40.5 Å². The summed E-state index contributed by atoms with van der Waals surface area (Å²) in [5, 5.41) is 11.3. The van der Waals surface area contributed by atoms with Crippen LogP contribution in [0.15, 0.2) is 54.6 Å². The van der Waals surface area contributed by atoms with E-state index in [0.29, 0.717) is 5.56 Å². The Morgan fingerprint density at radius 3 is 2.50 bits per heavy atom. The zero-order chi connectivity index (χ0) is 17.1. The number of para-hydroxylation sites is 1. The van der Waals surface area contributed by atoms with E-state index in [4.69, 9.17) is 0 Å². The Balaban J connectivity index is 2.07. The van der Waals surface area contributed by atoms with Crippen LogP contribution in [0.4, 0.5) is 11.4 Å². The van der Waals surface area contributed by atoms with Crippen LogP contribution in [-0.4, -0.2) is 18.1 Å². The van der Waals surface area contributed by atoms with Crippen molar-refractivity contribution in [2.75, 3.05) is 11.9 Å². The van der Waals surface area contributed by atoms with Gasteiger partial charge in [0.25, 0.3) is 0 Å². The number of rotatable bonds is 1. The minimum absolute atomic E-state index is 0.150. The van der Waals surface area contributed by atoms with Gasteiger partial charge in [-0.1, -0.05) is 44.2 Å². The van der Waals surface area contributed by atoms with Crippen molar-refractivity contribution in [1.82, 2.24) is 0 Å². The standard InChI is InChI=1S/C21H19NO2/c1-21(2)16-6-4-5-7-17(16)22(3)18-11-9-13-12-14(20(23)24)8-10-15(13)19(18)21/h4-12H,1-3H3,(H,23,24). The number of nitrogens with zero attached hydrogens (tertiary/aromatic N) is 1. The Morgan fingerprint density at radius 2 is 1.75 bits per heavy atom. The van der Waals surface area contributed by atoms with E-state index in [2.05, 4.69) is 56.1 Å². The van der Waals surface area contributed by atoms with Gasteiger partial charge in [0, 0.05) is 23.8 Å². The van der Waals surface area contributed by atoms with Gasteiger partial charge in [-0.15, -0.1) is 0 Å². The molecule has 3 nitrogen and oxygen atoms in total. The second-order valence-corrected chi connectivity index (χ2v) is 6.90. The number of anilines is 2. The normalized spacial score (nSPS) is 15.0. The van der Waals surface area contributed by atoms with Crippen LogP contribution >= 0.6 is 0 Å². The highest BCUT2D eigenvalue weighted by Gasteiger charge is 2.36. The average Bonchev–Trinajstić information content (AvgIpc) is 2.58. The smallest absolute Gasteiger partial charge is 0.335 e. The highest BCUT2D eigenvalue weighted by atomic mass is 16.4. The molecule has 1 N–H and O–H groups in total. The third-order valence-electron chi connectivity index (χ3n) is 5.17. The number of benzene rings is 3. The molecule has 0 unspecified atom stereocenters. The van der Waals surface area contributed by atoms with Crippen molar-refractivity contribution in [3.05, 3.63) is 71.3 Å². The van der Waals surface area contributed by atoms with Crippen molar-refractivity contribution >= 4 is 28.1 Å². The summed E-state index contributed by atoms with van der Waals surface area (Å²) in [5.74, 6) is -0.892. The molecule has 0 fully saturated rings. The first-order valence-electron chi connectivity index (χ1n) is 8.05. The Bertz CT molecular complexity index is 988. The van der Waals surface area contributed by atoms with Gasteiger partial charge in [-0.05, 0) is 46.2 Å². The molecular formula is C21H19NO2. The lowest BCUT2D eigenvalue weighted by atomic mass is 9.72. The number of carboxylic acids is 1. The highest BCUT2D eigenvalue weighted by molar-refractivity contribution is 5.99. The predicted octanol–water partition coefficient (Wildman–Crippen LogP) is 4.95. The summed E-state index contributed by atoms with van der Waals surface area (Å²) >= 11 is 0. The van der Waals surface area contributed by atoms with E-state index in [0.717, 1.165) is 10.8 Å². The van der Waals surface area contributed by atoms with Crippen molar-refractivity contribution in [1.29, 1.82) is 0 Å². The molecule has 0 radical (unpaired) electrons. The molecule has 0 saturated heterocycles. The van der Waals surface area contributed by atoms with Gasteiger partial charge in [0.15, 0.2) is 0 Å². The summed E-state index contributed by atoms with van der Waals surface area (Å²) in [6.45, 7) is 4.48. The molecule has 120 valence electrons. The number of carboxylic acid groups (broad SMARTS) is 1. The van der Waals surface area contributed by atoms with Crippen LogP contribution in [0.1, 0.15) is 35.3 Å². The molecule has 24 heavy (non-hydrogen) atoms. The monoisotopic (exact) mass is 317 g/mol. The number of aromatic carboxylic acids is 1. The number of carbonyl (C=O) groups is 1. The molecule has 1 aliphatic heterocycles. The minimum atomic E-state index is -0.892. The van der Waals surface area contributed by atoms with Crippen molar-refractivity contribution in [3.63, 3.8) is 0 Å². The number of fused-ring (bicyclic) bond motifs is 4. The van der Waals surface area contributed by atoms with Crippen molar-refractivity contribution in [2.24, 2.45) is 0 Å². The van der Waals surface area contributed by atoms with Crippen LogP contribution in [-0.2, 0) is 5.41 Å². The van der Waals surface area contributed by atoms with Gasteiger partial charge in [-0.2, -0.15) is 0 Å². The van der Waals surface area contributed by atoms with E-state index in [-0.39, 0.29) is 5.41 Å². The van der Waals surface area contributed by atoms with Crippen LogP contribution in [0.2, 0.25) is 0 Å². The molecule has 0 spiro atoms. The lowest BCUT2D eigenvalue weighted by Gasteiger charge is -2.41. The summed E-state index contributed by atoms with van der Waals surface area (Å²) in [5.41, 5.74) is 5.10. The summed E-state index contributed by atoms with van der Waals surface area (Å²) in [6, 6.07) is 18.0. The van der Waals surface area contributed by atoms with Gasteiger partial charge in [0.1, 0.15) is 0 Å². The SMILES string of the molecule is CN1c2ccccc2C(C)(C)c2c1ccc1cc(C(=O)O)ccc21. The van der Waals surface area contributed by atoms with E-state index in [1.807, 2.05) is 12.1 Å². The third kappa shape index (κ3) is 1.88. The van der Waals surface area contributed by atoms with Gasteiger partial charge in [-0.3, -0.25) is 0 Å². The second kappa shape index (κ2) is 4.84. The third-order valence-corrected chi connectivity index (χ3v) is 5.17. The van der Waals surface area contributed by atoms with Crippen molar-refractivity contribution in [3.8, 4) is 0 Å². The van der Waals surface area contributed by atoms with E-state index < -0.39 is 5.97 Å². The summed E-state index contributed by atoms with van der Waals surface area (Å²) in [7, 11) is 2.09. The van der Waals surface area contributed by atoms with E-state index in [9.17, 15) is 9.90 Å². The summed E-state index contributed by atoms with van der Waals surface area (Å²) < 4.78 is 0. The van der Waals surface area contributed by atoms with Crippen LogP contribution < -0.4 is 4.90 Å². The fourth-order valence-corrected chi connectivity index (χ4v) is 3.95. The van der Waals surface area contributed by atoms with Gasteiger partial charge in [0.05, 0.1) is 5.56 Å². The molecule has 3 heteroatoms. The van der Waals surface area contributed by atoms with Crippen molar-refractivity contribution < 1.29 is 9.90 Å². The molecule has 3 aromatic carbocycles. The van der Waals surface area contributed by atoms with E-state index >= 15 is 0 Å². The largest absolute Gasteiger partial charge is 0.478 e. The molecule has 1 aliphatic rings. The first-order chi connectivity index (χ1) is 11.4. The molecule has 0 atom stereocenters. The van der Waals surface area contributed by atoms with E-state index in [1.165, 1.54) is 22.5 Å². The Labute approximate surface area is 141 Å². The Hall–Kier alpha value is -2.81. The molecular weight excluding hydrogens is 298 g/mol. The molecule has 0 aliphatic carbocycles. The minimum Gasteiger partial charge on any atom is -0.478 e. The maximum absolute atomic E-state index is 11.3. The Morgan fingerprint density at radius 1 is 1.00 bits per heavy atom. The molecule has 0 saturated carbocycles. The number of hydrogen-bond donors (Lipinski definition) is 1. The Kier molecular flexibility index (Phi) is 2.98. The zero-order valence-electron chi connectivity index (χ0n) is 14.0. The van der Waals surface area contributed by atoms with Crippen LogP contribution in [0.3, 0.4) is 0 Å². The van der Waals surface area contributed by atoms with Gasteiger partial charge in [-0.25, -0.2) is 4.79 Å². The van der Waals surface area contributed by atoms with Gasteiger partial charge < -0.3 is 10.0 Å². The fraction of sp³-hybridized carbons (Fsp3) is 0.190. The molecule has 4 rings (SSSR count). The first-order valence-corrected chi connectivity index (χ1v) is 8.05. The summed E-state index contributed by atoms with van der Waals surface area (Å²) in [6.07, 6.45) is 0. The maximum atomic E-state index is 11.3. The van der Waals surface area contributed by atoms with Crippen LogP contribution in [0.5, 0.6) is 0 Å². The fourth-order valence-electron chi connectivity index (χ4n) is 3.95. The predicted molar refractivity (Wildman–Crippen MR) is 97.5 cm³/mol. The summed E-state index contributed by atoms with van der Waals surface area (Å²) in [4.78, 5) is 13.5. The lowest BCUT2D eigenvalue weighted by Crippen LogP contribution is -2.31. The first kappa shape index (κ1) is 14.8. The maximum Gasteiger partial charge on any atom is 0.335 e. The zero-order valence-corrected chi connectivity index (χ0v) is 14.0. The number of hydrogen-bond acceptors (Lipinski definition) is 2. The highest BCUT2D eigenvalue weighted by Crippen LogP contribution is 2.50. The lowest BCUT2D eigenvalue weighted by molar-refractivity contribution is 0.0697. The molecule has 0 aromatic heterocycles. The average molecular weight is 317 g/mol. The quantitative estimate of drug-likeness (QED) is 0.690. The van der Waals surface area contributed by atoms with Crippen LogP contribution in [0.25, 0.3) is 10.8 Å². The van der Waals surface area contributed by atoms with E-state index in [1.54, 1.807) is 12.1 Å². The molecule has 1 heterocycles.